The van der Waals surface area contributed by atoms with Crippen LogP contribution in [0.3, 0.4) is 0 Å². The standard InChI is InChI=1S/C14H23NO2/c1-11(2)17-13-7-4-6-12(10-13)14(15)8-5-9-16-3/h4,6-7,10-11,14H,5,8-9,15H2,1-3H3. The first kappa shape index (κ1) is 14.0. The van der Waals surface area contributed by atoms with Gasteiger partial charge in [-0.3, -0.25) is 0 Å². The van der Waals surface area contributed by atoms with Gasteiger partial charge in [-0.2, -0.15) is 0 Å². The highest BCUT2D eigenvalue weighted by molar-refractivity contribution is 5.30. The van der Waals surface area contributed by atoms with Crippen molar-refractivity contribution < 1.29 is 9.47 Å². The van der Waals surface area contributed by atoms with E-state index >= 15 is 0 Å². The van der Waals surface area contributed by atoms with Gasteiger partial charge in [0.1, 0.15) is 5.75 Å². The predicted octanol–water partition coefficient (Wildman–Crippen LogP) is 2.90. The molecule has 1 unspecified atom stereocenters. The molecular weight excluding hydrogens is 214 g/mol. The lowest BCUT2D eigenvalue weighted by Gasteiger charge is -2.15. The Hall–Kier alpha value is -1.06. The Labute approximate surface area is 104 Å². The van der Waals surface area contributed by atoms with Crippen LogP contribution in [-0.2, 0) is 4.74 Å². The quantitative estimate of drug-likeness (QED) is 0.742. The highest BCUT2D eigenvalue weighted by atomic mass is 16.5. The molecule has 3 nitrogen and oxygen atoms in total. The zero-order valence-electron chi connectivity index (χ0n) is 11.0. The van der Waals surface area contributed by atoms with Crippen molar-refractivity contribution in [3.8, 4) is 5.75 Å². The molecule has 1 rings (SSSR count). The number of hydrogen-bond donors (Lipinski definition) is 1. The monoisotopic (exact) mass is 237 g/mol. The molecule has 96 valence electrons. The summed E-state index contributed by atoms with van der Waals surface area (Å²) in [7, 11) is 1.71. The molecule has 0 bridgehead atoms. The molecule has 0 radical (unpaired) electrons. The molecule has 0 aliphatic carbocycles. The van der Waals surface area contributed by atoms with E-state index in [1.165, 1.54) is 0 Å². The molecule has 0 heterocycles. The van der Waals surface area contributed by atoms with Crippen LogP contribution in [0.25, 0.3) is 0 Å². The van der Waals surface area contributed by atoms with Crippen LogP contribution in [0.15, 0.2) is 24.3 Å². The van der Waals surface area contributed by atoms with Crippen molar-refractivity contribution in [1.82, 2.24) is 0 Å². The maximum atomic E-state index is 6.12. The third kappa shape index (κ3) is 5.20. The summed E-state index contributed by atoms with van der Waals surface area (Å²) >= 11 is 0. The fourth-order valence-electron chi connectivity index (χ4n) is 1.70. The third-order valence-corrected chi connectivity index (χ3v) is 2.52. The normalized spacial score (nSPS) is 12.8. The van der Waals surface area contributed by atoms with E-state index < -0.39 is 0 Å². The largest absolute Gasteiger partial charge is 0.491 e. The fourth-order valence-corrected chi connectivity index (χ4v) is 1.70. The van der Waals surface area contributed by atoms with Crippen molar-refractivity contribution in [1.29, 1.82) is 0 Å². The average Bonchev–Trinajstić information content (AvgIpc) is 2.28. The van der Waals surface area contributed by atoms with Crippen LogP contribution >= 0.6 is 0 Å². The summed E-state index contributed by atoms with van der Waals surface area (Å²) in [6, 6.07) is 8.08. The Balaban J connectivity index is 2.57. The molecule has 0 saturated heterocycles. The van der Waals surface area contributed by atoms with Crippen molar-refractivity contribution >= 4 is 0 Å². The molecule has 0 saturated carbocycles. The highest BCUT2D eigenvalue weighted by Crippen LogP contribution is 2.21. The lowest BCUT2D eigenvalue weighted by molar-refractivity contribution is 0.190. The number of benzene rings is 1. The van der Waals surface area contributed by atoms with Crippen molar-refractivity contribution in [2.24, 2.45) is 5.73 Å². The van der Waals surface area contributed by atoms with E-state index in [0.717, 1.165) is 30.8 Å². The van der Waals surface area contributed by atoms with Gasteiger partial charge in [0.2, 0.25) is 0 Å². The summed E-state index contributed by atoms with van der Waals surface area (Å²) in [5.74, 6) is 0.889. The summed E-state index contributed by atoms with van der Waals surface area (Å²) < 4.78 is 10.7. The van der Waals surface area contributed by atoms with Crippen molar-refractivity contribution in [2.75, 3.05) is 13.7 Å². The van der Waals surface area contributed by atoms with Gasteiger partial charge in [-0.25, -0.2) is 0 Å². The number of nitrogens with two attached hydrogens (primary N) is 1. The van der Waals surface area contributed by atoms with Gasteiger partial charge in [-0.05, 0) is 44.4 Å². The molecule has 0 aliphatic rings. The molecule has 3 heteroatoms. The highest BCUT2D eigenvalue weighted by Gasteiger charge is 2.07. The smallest absolute Gasteiger partial charge is 0.120 e. The van der Waals surface area contributed by atoms with Crippen LogP contribution in [0.1, 0.15) is 38.3 Å². The molecule has 1 aromatic rings. The molecule has 0 amide bonds. The van der Waals surface area contributed by atoms with Crippen LogP contribution in [0.2, 0.25) is 0 Å². The minimum atomic E-state index is 0.0564. The van der Waals surface area contributed by atoms with Gasteiger partial charge in [0, 0.05) is 19.8 Å². The Kier molecular flexibility index (Phi) is 6.01. The summed E-state index contributed by atoms with van der Waals surface area (Å²) in [6.07, 6.45) is 2.10. The minimum absolute atomic E-state index is 0.0564. The molecule has 0 fully saturated rings. The molecule has 1 atom stereocenters. The SMILES string of the molecule is COCCCC(N)c1cccc(OC(C)C)c1. The molecule has 17 heavy (non-hydrogen) atoms. The van der Waals surface area contributed by atoms with E-state index in [0.29, 0.717) is 0 Å². The van der Waals surface area contributed by atoms with E-state index in [4.69, 9.17) is 15.2 Å². The summed E-state index contributed by atoms with van der Waals surface area (Å²) in [6.45, 7) is 4.80. The van der Waals surface area contributed by atoms with Gasteiger partial charge < -0.3 is 15.2 Å². The average molecular weight is 237 g/mol. The van der Waals surface area contributed by atoms with Crippen molar-refractivity contribution in [3.05, 3.63) is 29.8 Å². The Morgan fingerprint density at radius 2 is 2.06 bits per heavy atom. The van der Waals surface area contributed by atoms with Gasteiger partial charge in [0.15, 0.2) is 0 Å². The van der Waals surface area contributed by atoms with Gasteiger partial charge in [-0.1, -0.05) is 12.1 Å². The van der Waals surface area contributed by atoms with E-state index in [1.807, 2.05) is 38.1 Å². The molecule has 1 aromatic carbocycles. The molecular formula is C14H23NO2. The first-order valence-electron chi connectivity index (χ1n) is 6.14. The van der Waals surface area contributed by atoms with Crippen LogP contribution in [0, 0.1) is 0 Å². The van der Waals surface area contributed by atoms with E-state index in [1.54, 1.807) is 7.11 Å². The second kappa shape index (κ2) is 7.30. The third-order valence-electron chi connectivity index (χ3n) is 2.52. The van der Waals surface area contributed by atoms with Gasteiger partial charge in [0.25, 0.3) is 0 Å². The topological polar surface area (TPSA) is 44.5 Å². The number of hydrogen-bond acceptors (Lipinski definition) is 3. The fraction of sp³-hybridized carbons (Fsp3) is 0.571. The van der Waals surface area contributed by atoms with Gasteiger partial charge in [0.05, 0.1) is 6.10 Å². The second-order valence-electron chi connectivity index (χ2n) is 4.48. The van der Waals surface area contributed by atoms with Crippen LogP contribution < -0.4 is 10.5 Å². The number of rotatable bonds is 7. The lowest BCUT2D eigenvalue weighted by atomic mass is 10.0. The van der Waals surface area contributed by atoms with Crippen LogP contribution in [0.4, 0.5) is 0 Å². The summed E-state index contributed by atoms with van der Waals surface area (Å²) in [5, 5.41) is 0. The maximum Gasteiger partial charge on any atom is 0.120 e. The Morgan fingerprint density at radius 1 is 1.29 bits per heavy atom. The van der Waals surface area contributed by atoms with Crippen LogP contribution in [0.5, 0.6) is 5.75 Å². The first-order chi connectivity index (χ1) is 8.13. The molecule has 0 aliphatic heterocycles. The number of methoxy groups -OCH3 is 1. The molecule has 0 spiro atoms. The van der Waals surface area contributed by atoms with E-state index in [9.17, 15) is 0 Å². The summed E-state index contributed by atoms with van der Waals surface area (Å²) in [5.41, 5.74) is 7.25. The zero-order chi connectivity index (χ0) is 12.7. The summed E-state index contributed by atoms with van der Waals surface area (Å²) in [4.78, 5) is 0. The minimum Gasteiger partial charge on any atom is -0.491 e. The Morgan fingerprint density at radius 3 is 2.71 bits per heavy atom. The van der Waals surface area contributed by atoms with E-state index in [2.05, 4.69) is 0 Å². The predicted molar refractivity (Wildman–Crippen MR) is 70.2 cm³/mol. The molecule has 2 N–H and O–H groups in total. The number of ether oxygens (including phenoxy) is 2. The van der Waals surface area contributed by atoms with Gasteiger partial charge in [-0.15, -0.1) is 0 Å². The zero-order valence-corrected chi connectivity index (χ0v) is 11.0. The Bertz CT molecular complexity index is 326. The van der Waals surface area contributed by atoms with Crippen molar-refractivity contribution in [2.45, 2.75) is 38.8 Å². The second-order valence-corrected chi connectivity index (χ2v) is 4.48. The van der Waals surface area contributed by atoms with Crippen molar-refractivity contribution in [3.63, 3.8) is 0 Å². The van der Waals surface area contributed by atoms with Crippen LogP contribution in [-0.4, -0.2) is 19.8 Å². The van der Waals surface area contributed by atoms with Gasteiger partial charge >= 0.3 is 0 Å². The first-order valence-corrected chi connectivity index (χ1v) is 6.14. The van der Waals surface area contributed by atoms with E-state index in [-0.39, 0.29) is 12.1 Å². The lowest BCUT2D eigenvalue weighted by Crippen LogP contribution is -2.12. The molecule has 0 aromatic heterocycles. The maximum absolute atomic E-state index is 6.12.